The van der Waals surface area contributed by atoms with E-state index in [0.29, 0.717) is 6.54 Å². The van der Waals surface area contributed by atoms with Crippen LogP contribution in [0.5, 0.6) is 0 Å². The van der Waals surface area contributed by atoms with Crippen LogP contribution in [0.15, 0.2) is 35.3 Å². The molecule has 0 radical (unpaired) electrons. The van der Waals surface area contributed by atoms with E-state index in [4.69, 9.17) is 9.73 Å². The van der Waals surface area contributed by atoms with E-state index in [1.54, 1.807) is 7.11 Å². The molecule has 2 rings (SSSR count). The van der Waals surface area contributed by atoms with Crippen LogP contribution in [0.1, 0.15) is 30.3 Å². The van der Waals surface area contributed by atoms with E-state index in [9.17, 15) is 0 Å². The highest BCUT2D eigenvalue weighted by Crippen LogP contribution is 2.17. The van der Waals surface area contributed by atoms with Gasteiger partial charge in [0.15, 0.2) is 5.96 Å². The van der Waals surface area contributed by atoms with Crippen LogP contribution in [-0.4, -0.2) is 67.6 Å². The van der Waals surface area contributed by atoms with Gasteiger partial charge in [0.1, 0.15) is 0 Å². The fourth-order valence-electron chi connectivity index (χ4n) is 3.14. The van der Waals surface area contributed by atoms with Crippen molar-refractivity contribution < 1.29 is 4.74 Å². The van der Waals surface area contributed by atoms with Gasteiger partial charge in [-0.3, -0.25) is 0 Å². The van der Waals surface area contributed by atoms with Crippen LogP contribution in [-0.2, 0) is 11.3 Å². The van der Waals surface area contributed by atoms with Crippen LogP contribution in [0.25, 0.3) is 5.69 Å². The van der Waals surface area contributed by atoms with Gasteiger partial charge in [-0.25, -0.2) is 9.67 Å². The minimum absolute atomic E-state index is 0.595. The number of benzene rings is 1. The summed E-state index contributed by atoms with van der Waals surface area (Å²) in [6.45, 7) is 11.2. The predicted molar refractivity (Wildman–Crippen MR) is 120 cm³/mol. The minimum Gasteiger partial charge on any atom is -0.383 e. The number of hydrogen-bond acceptors (Lipinski definition) is 4. The van der Waals surface area contributed by atoms with Crippen LogP contribution in [0.2, 0.25) is 0 Å². The molecule has 0 unspecified atom stereocenters. The first-order valence-electron chi connectivity index (χ1n) is 10.4. The van der Waals surface area contributed by atoms with E-state index in [1.807, 2.05) is 17.7 Å². The van der Waals surface area contributed by atoms with Gasteiger partial charge >= 0.3 is 0 Å². The summed E-state index contributed by atoms with van der Waals surface area (Å²) in [6.07, 6.45) is 1.05. The van der Waals surface area contributed by atoms with Gasteiger partial charge in [-0.15, -0.1) is 0 Å². The summed E-state index contributed by atoms with van der Waals surface area (Å²) >= 11 is 0. The topological polar surface area (TPSA) is 66.7 Å². The molecule has 2 aromatic rings. The Labute approximate surface area is 175 Å². The lowest BCUT2D eigenvalue weighted by Crippen LogP contribution is -2.38. The zero-order valence-corrected chi connectivity index (χ0v) is 18.5. The highest BCUT2D eigenvalue weighted by molar-refractivity contribution is 5.79. The molecule has 1 aromatic carbocycles. The zero-order valence-electron chi connectivity index (χ0n) is 18.5. The SMILES string of the molecule is CCNC(=NCc1ccccc1-n1nc(C)cc1C)NCCCN(C)CCOC. The quantitative estimate of drug-likeness (QED) is 0.345. The number of hydrogen-bond donors (Lipinski definition) is 2. The van der Waals surface area contributed by atoms with E-state index < -0.39 is 0 Å². The molecule has 160 valence electrons. The number of nitrogens with one attached hydrogen (secondary N) is 2. The molecular weight excluding hydrogens is 364 g/mol. The van der Waals surface area contributed by atoms with Crippen LogP contribution in [0.3, 0.4) is 0 Å². The number of likely N-dealkylation sites (N-methyl/N-ethyl adjacent to an activating group) is 1. The molecule has 7 heteroatoms. The molecule has 0 aliphatic rings. The molecule has 7 nitrogen and oxygen atoms in total. The van der Waals surface area contributed by atoms with Gasteiger partial charge in [0.2, 0.25) is 0 Å². The van der Waals surface area contributed by atoms with Crippen molar-refractivity contribution in [2.75, 3.05) is 46.9 Å². The predicted octanol–water partition coefficient (Wildman–Crippen LogP) is 2.51. The first-order valence-corrected chi connectivity index (χ1v) is 10.4. The summed E-state index contributed by atoms with van der Waals surface area (Å²) in [5.74, 6) is 0.843. The Kier molecular flexibility index (Phi) is 9.67. The molecule has 2 N–H and O–H groups in total. The molecule has 0 atom stereocenters. The van der Waals surface area contributed by atoms with Crippen molar-refractivity contribution in [3.05, 3.63) is 47.3 Å². The highest BCUT2D eigenvalue weighted by Gasteiger charge is 2.08. The molecule has 0 saturated heterocycles. The van der Waals surface area contributed by atoms with Crippen molar-refractivity contribution in [3.8, 4) is 5.69 Å². The minimum atomic E-state index is 0.595. The standard InChI is InChI=1S/C22H36N6O/c1-6-23-22(24-12-9-13-27(4)14-15-29-5)25-17-20-10-7-8-11-21(20)28-19(3)16-18(2)26-28/h7-8,10-11,16H,6,9,12-15,17H2,1-5H3,(H2,23,24,25). The maximum Gasteiger partial charge on any atom is 0.191 e. The average Bonchev–Trinajstić information content (AvgIpc) is 3.05. The smallest absolute Gasteiger partial charge is 0.191 e. The third-order valence-electron chi connectivity index (χ3n) is 4.67. The number of ether oxygens (including phenoxy) is 1. The second-order valence-corrected chi connectivity index (χ2v) is 7.24. The summed E-state index contributed by atoms with van der Waals surface area (Å²) < 4.78 is 7.12. The fourth-order valence-corrected chi connectivity index (χ4v) is 3.14. The Morgan fingerprint density at radius 3 is 2.69 bits per heavy atom. The molecule has 0 saturated carbocycles. The second-order valence-electron chi connectivity index (χ2n) is 7.24. The van der Waals surface area contributed by atoms with Crippen molar-refractivity contribution in [2.24, 2.45) is 4.99 Å². The van der Waals surface area contributed by atoms with E-state index in [-0.39, 0.29) is 0 Å². The van der Waals surface area contributed by atoms with E-state index in [0.717, 1.165) is 67.8 Å². The van der Waals surface area contributed by atoms with Crippen molar-refractivity contribution in [1.82, 2.24) is 25.3 Å². The fraction of sp³-hybridized carbons (Fsp3) is 0.545. The van der Waals surface area contributed by atoms with Gasteiger partial charge in [-0.05, 0) is 58.5 Å². The summed E-state index contributed by atoms with van der Waals surface area (Å²) in [5.41, 5.74) is 4.38. The van der Waals surface area contributed by atoms with Gasteiger partial charge < -0.3 is 20.3 Å². The lowest BCUT2D eigenvalue weighted by atomic mass is 10.2. The lowest BCUT2D eigenvalue weighted by molar-refractivity contribution is 0.161. The van der Waals surface area contributed by atoms with Crippen LogP contribution < -0.4 is 10.6 Å². The number of nitrogens with zero attached hydrogens (tertiary/aromatic N) is 4. The normalized spacial score (nSPS) is 11.9. The Bertz CT molecular complexity index is 770. The number of methoxy groups -OCH3 is 1. The number of aryl methyl sites for hydroxylation is 2. The Morgan fingerprint density at radius 1 is 1.21 bits per heavy atom. The van der Waals surface area contributed by atoms with Gasteiger partial charge in [0, 0.05) is 32.4 Å². The number of guanidine groups is 1. The maximum atomic E-state index is 5.12. The van der Waals surface area contributed by atoms with Crippen LogP contribution in [0.4, 0.5) is 0 Å². The average molecular weight is 401 g/mol. The molecule has 0 bridgehead atoms. The van der Waals surface area contributed by atoms with Crippen molar-refractivity contribution in [3.63, 3.8) is 0 Å². The molecule has 0 aliphatic carbocycles. The van der Waals surface area contributed by atoms with E-state index in [1.165, 1.54) is 0 Å². The number of aliphatic imine (C=N–C) groups is 1. The molecule has 0 amide bonds. The molecule has 1 aromatic heterocycles. The largest absolute Gasteiger partial charge is 0.383 e. The van der Waals surface area contributed by atoms with E-state index in [2.05, 4.69) is 65.8 Å². The highest BCUT2D eigenvalue weighted by atomic mass is 16.5. The third-order valence-corrected chi connectivity index (χ3v) is 4.67. The molecule has 1 heterocycles. The Hall–Kier alpha value is -2.38. The maximum absolute atomic E-state index is 5.12. The van der Waals surface area contributed by atoms with Gasteiger partial charge in [-0.2, -0.15) is 5.10 Å². The summed E-state index contributed by atoms with van der Waals surface area (Å²) in [4.78, 5) is 7.07. The van der Waals surface area contributed by atoms with Crippen molar-refractivity contribution in [2.45, 2.75) is 33.7 Å². The van der Waals surface area contributed by atoms with Crippen molar-refractivity contribution in [1.29, 1.82) is 0 Å². The van der Waals surface area contributed by atoms with Crippen LogP contribution >= 0.6 is 0 Å². The molecular formula is C22H36N6O. The lowest BCUT2D eigenvalue weighted by Gasteiger charge is -2.17. The third kappa shape index (κ3) is 7.51. The van der Waals surface area contributed by atoms with Gasteiger partial charge in [0.05, 0.1) is 24.5 Å². The first kappa shape index (κ1) is 22.9. The Morgan fingerprint density at radius 2 is 2.00 bits per heavy atom. The van der Waals surface area contributed by atoms with Crippen LogP contribution in [0, 0.1) is 13.8 Å². The molecule has 0 spiro atoms. The van der Waals surface area contributed by atoms with Crippen molar-refractivity contribution >= 4 is 5.96 Å². The van der Waals surface area contributed by atoms with E-state index >= 15 is 0 Å². The monoisotopic (exact) mass is 400 g/mol. The first-order chi connectivity index (χ1) is 14.0. The second kappa shape index (κ2) is 12.2. The summed E-state index contributed by atoms with van der Waals surface area (Å²) in [7, 11) is 3.86. The summed E-state index contributed by atoms with van der Waals surface area (Å²) in [5, 5.41) is 11.4. The van der Waals surface area contributed by atoms with Gasteiger partial charge in [0.25, 0.3) is 0 Å². The zero-order chi connectivity index (χ0) is 21.1. The summed E-state index contributed by atoms with van der Waals surface area (Å²) in [6, 6.07) is 10.4. The molecule has 29 heavy (non-hydrogen) atoms. The Balaban J connectivity index is 1.97. The number of para-hydroxylation sites is 1. The number of rotatable bonds is 11. The number of aromatic nitrogens is 2. The van der Waals surface area contributed by atoms with Gasteiger partial charge in [-0.1, -0.05) is 18.2 Å². The molecule has 0 fully saturated rings. The molecule has 0 aliphatic heterocycles.